The SMILES string of the molecule is Oc1sc2ccc(F)cc2c1Br. The lowest BCUT2D eigenvalue weighted by Gasteiger charge is -1.89. The van der Waals surface area contributed by atoms with E-state index in [2.05, 4.69) is 15.9 Å². The lowest BCUT2D eigenvalue weighted by atomic mass is 10.2. The molecule has 1 heterocycles. The number of fused-ring (bicyclic) bond motifs is 1. The highest BCUT2D eigenvalue weighted by molar-refractivity contribution is 9.10. The molecule has 0 saturated carbocycles. The van der Waals surface area contributed by atoms with E-state index in [0.29, 0.717) is 4.47 Å². The third-order valence-electron chi connectivity index (χ3n) is 1.57. The van der Waals surface area contributed by atoms with Gasteiger partial charge in [-0.2, -0.15) is 0 Å². The molecule has 0 fully saturated rings. The zero-order valence-electron chi connectivity index (χ0n) is 5.84. The molecule has 0 spiro atoms. The first-order valence-electron chi connectivity index (χ1n) is 3.25. The standard InChI is InChI=1S/C8H4BrFOS/c9-7-5-3-4(10)1-2-6(5)12-8(7)11/h1-3,11H. The average Bonchev–Trinajstić information content (AvgIpc) is 2.31. The number of hydrogen-bond donors (Lipinski definition) is 1. The van der Waals surface area contributed by atoms with Gasteiger partial charge < -0.3 is 5.11 Å². The summed E-state index contributed by atoms with van der Waals surface area (Å²) in [5.41, 5.74) is 0. The molecule has 0 atom stereocenters. The van der Waals surface area contributed by atoms with Crippen LogP contribution in [0.25, 0.3) is 10.1 Å². The smallest absolute Gasteiger partial charge is 0.186 e. The van der Waals surface area contributed by atoms with Gasteiger partial charge in [-0.1, -0.05) is 11.3 Å². The van der Waals surface area contributed by atoms with Crippen molar-refractivity contribution in [1.82, 2.24) is 0 Å². The van der Waals surface area contributed by atoms with Gasteiger partial charge in [-0.05, 0) is 34.1 Å². The van der Waals surface area contributed by atoms with Crippen molar-refractivity contribution < 1.29 is 9.50 Å². The second-order valence-corrected chi connectivity index (χ2v) is 4.19. The van der Waals surface area contributed by atoms with Crippen molar-refractivity contribution in [2.75, 3.05) is 0 Å². The Balaban J connectivity index is 2.88. The molecule has 0 amide bonds. The van der Waals surface area contributed by atoms with E-state index in [0.717, 1.165) is 10.1 Å². The minimum absolute atomic E-state index is 0.190. The number of hydrogen-bond acceptors (Lipinski definition) is 2. The Kier molecular flexibility index (Phi) is 1.81. The summed E-state index contributed by atoms with van der Waals surface area (Å²) in [7, 11) is 0. The number of thiophene rings is 1. The molecule has 0 unspecified atom stereocenters. The van der Waals surface area contributed by atoms with E-state index in [4.69, 9.17) is 0 Å². The van der Waals surface area contributed by atoms with E-state index in [9.17, 15) is 9.50 Å². The maximum atomic E-state index is 12.7. The van der Waals surface area contributed by atoms with E-state index in [-0.39, 0.29) is 10.9 Å². The topological polar surface area (TPSA) is 20.2 Å². The fourth-order valence-electron chi connectivity index (χ4n) is 1.03. The molecule has 4 heteroatoms. The normalized spacial score (nSPS) is 10.8. The summed E-state index contributed by atoms with van der Waals surface area (Å²) >= 11 is 4.41. The maximum Gasteiger partial charge on any atom is 0.186 e. The maximum absolute atomic E-state index is 12.7. The van der Waals surface area contributed by atoms with Gasteiger partial charge in [0.15, 0.2) is 5.06 Å². The summed E-state index contributed by atoms with van der Waals surface area (Å²) < 4.78 is 14.2. The van der Waals surface area contributed by atoms with Crippen LogP contribution in [-0.4, -0.2) is 5.11 Å². The molecule has 1 nitrogen and oxygen atoms in total. The molecular formula is C8H4BrFOS. The summed E-state index contributed by atoms with van der Waals surface area (Å²) in [5.74, 6) is -0.291. The number of rotatable bonds is 0. The molecule has 2 rings (SSSR count). The van der Waals surface area contributed by atoms with Gasteiger partial charge in [0.05, 0.1) is 4.47 Å². The Morgan fingerprint density at radius 1 is 1.42 bits per heavy atom. The van der Waals surface area contributed by atoms with E-state index >= 15 is 0 Å². The van der Waals surface area contributed by atoms with E-state index in [1.54, 1.807) is 6.07 Å². The number of aromatic hydroxyl groups is 1. The largest absolute Gasteiger partial charge is 0.499 e. The van der Waals surface area contributed by atoms with Crippen LogP contribution >= 0.6 is 27.3 Å². The van der Waals surface area contributed by atoms with Crippen LogP contribution < -0.4 is 0 Å². The third kappa shape index (κ3) is 1.11. The van der Waals surface area contributed by atoms with E-state index < -0.39 is 0 Å². The fourth-order valence-corrected chi connectivity index (χ4v) is 2.54. The van der Waals surface area contributed by atoms with Crippen molar-refractivity contribution in [3.8, 4) is 5.06 Å². The highest BCUT2D eigenvalue weighted by atomic mass is 79.9. The van der Waals surface area contributed by atoms with Gasteiger partial charge in [0.2, 0.25) is 0 Å². The highest BCUT2D eigenvalue weighted by Gasteiger charge is 2.08. The first kappa shape index (κ1) is 8.01. The minimum Gasteiger partial charge on any atom is -0.499 e. The van der Waals surface area contributed by atoms with Gasteiger partial charge in [0.1, 0.15) is 5.82 Å². The molecule has 0 bridgehead atoms. The molecule has 1 aromatic carbocycles. The molecule has 0 saturated heterocycles. The first-order valence-corrected chi connectivity index (χ1v) is 4.86. The second kappa shape index (κ2) is 2.71. The molecule has 0 aliphatic rings. The van der Waals surface area contributed by atoms with Crippen molar-refractivity contribution in [3.05, 3.63) is 28.5 Å². The van der Waals surface area contributed by atoms with Gasteiger partial charge >= 0.3 is 0 Å². The number of benzene rings is 1. The Labute approximate surface area is 80.6 Å². The molecule has 12 heavy (non-hydrogen) atoms. The van der Waals surface area contributed by atoms with E-state index in [1.807, 2.05) is 0 Å². The molecule has 1 aromatic heterocycles. The van der Waals surface area contributed by atoms with Gasteiger partial charge in [-0.15, -0.1) is 0 Å². The summed E-state index contributed by atoms with van der Waals surface area (Å²) in [5, 5.41) is 10.2. The third-order valence-corrected chi connectivity index (χ3v) is 3.61. The van der Waals surface area contributed by atoms with Crippen molar-refractivity contribution >= 4 is 37.4 Å². The molecule has 0 radical (unpaired) electrons. The van der Waals surface area contributed by atoms with Crippen molar-refractivity contribution in [2.24, 2.45) is 0 Å². The Bertz CT molecular complexity index is 438. The molecule has 0 aliphatic carbocycles. The minimum atomic E-state index is -0.291. The lowest BCUT2D eigenvalue weighted by Crippen LogP contribution is -1.70. The van der Waals surface area contributed by atoms with Crippen LogP contribution in [0.1, 0.15) is 0 Å². The predicted octanol–water partition coefficient (Wildman–Crippen LogP) is 3.51. The van der Waals surface area contributed by atoms with E-state index in [1.165, 1.54) is 23.5 Å². The van der Waals surface area contributed by atoms with Crippen molar-refractivity contribution in [3.63, 3.8) is 0 Å². The predicted molar refractivity (Wildman–Crippen MR) is 51.1 cm³/mol. The lowest BCUT2D eigenvalue weighted by molar-refractivity contribution is 0.488. The summed E-state index contributed by atoms with van der Waals surface area (Å²) in [4.78, 5) is 0. The monoisotopic (exact) mass is 246 g/mol. The quantitative estimate of drug-likeness (QED) is 0.755. The Morgan fingerprint density at radius 2 is 2.17 bits per heavy atom. The van der Waals surface area contributed by atoms with Crippen LogP contribution in [0.2, 0.25) is 0 Å². The van der Waals surface area contributed by atoms with Gasteiger partial charge in [-0.3, -0.25) is 0 Å². The van der Waals surface area contributed by atoms with Crippen LogP contribution in [0.15, 0.2) is 22.7 Å². The first-order chi connectivity index (χ1) is 5.68. The van der Waals surface area contributed by atoms with Crippen molar-refractivity contribution in [1.29, 1.82) is 0 Å². The van der Waals surface area contributed by atoms with Crippen LogP contribution in [0.3, 0.4) is 0 Å². The Morgan fingerprint density at radius 3 is 2.92 bits per heavy atom. The molecule has 62 valence electrons. The molecule has 0 aliphatic heterocycles. The zero-order valence-corrected chi connectivity index (χ0v) is 8.25. The zero-order chi connectivity index (χ0) is 8.72. The Hall–Kier alpha value is -0.610. The van der Waals surface area contributed by atoms with Crippen LogP contribution in [0.4, 0.5) is 4.39 Å². The molecule has 2 aromatic rings. The van der Waals surface area contributed by atoms with Gasteiger partial charge in [0, 0.05) is 10.1 Å². The summed E-state index contributed by atoms with van der Waals surface area (Å²) in [6.07, 6.45) is 0. The van der Waals surface area contributed by atoms with Crippen LogP contribution in [0, 0.1) is 5.82 Å². The second-order valence-electron chi connectivity index (χ2n) is 2.36. The van der Waals surface area contributed by atoms with Gasteiger partial charge in [-0.25, -0.2) is 4.39 Å². The fraction of sp³-hybridized carbons (Fsp3) is 0. The van der Waals surface area contributed by atoms with Crippen LogP contribution in [0.5, 0.6) is 5.06 Å². The average molecular weight is 247 g/mol. The van der Waals surface area contributed by atoms with Gasteiger partial charge in [0.25, 0.3) is 0 Å². The number of halogens is 2. The summed E-state index contributed by atoms with van der Waals surface area (Å²) in [6.45, 7) is 0. The molecular weight excluding hydrogens is 243 g/mol. The molecule has 1 N–H and O–H groups in total. The highest BCUT2D eigenvalue weighted by Crippen LogP contribution is 2.40. The van der Waals surface area contributed by atoms with Crippen LogP contribution in [-0.2, 0) is 0 Å². The summed E-state index contributed by atoms with van der Waals surface area (Å²) in [6, 6.07) is 4.43. The van der Waals surface area contributed by atoms with Crippen molar-refractivity contribution in [2.45, 2.75) is 0 Å².